The van der Waals surface area contributed by atoms with Crippen molar-refractivity contribution < 1.29 is 9.90 Å². The van der Waals surface area contributed by atoms with Crippen molar-refractivity contribution in [3.8, 4) is 0 Å². The molecule has 0 aromatic carbocycles. The molecule has 0 saturated heterocycles. The van der Waals surface area contributed by atoms with Gasteiger partial charge in [-0.05, 0) is 43.9 Å². The summed E-state index contributed by atoms with van der Waals surface area (Å²) in [6.07, 6.45) is 10.1. The predicted molar refractivity (Wildman–Crippen MR) is 94.0 cm³/mol. The van der Waals surface area contributed by atoms with E-state index in [9.17, 15) is 14.8 Å². The number of amides is 1. The third kappa shape index (κ3) is 4.72. The molecule has 0 spiro atoms. The lowest BCUT2D eigenvalue weighted by atomic mass is 9.77. The van der Waals surface area contributed by atoms with Gasteiger partial charge in [0.15, 0.2) is 0 Å². The number of hydrogen-bond acceptors (Lipinski definition) is 5. The summed E-state index contributed by atoms with van der Waals surface area (Å²) in [6.45, 7) is 2.71. The molecule has 0 aromatic rings. The van der Waals surface area contributed by atoms with Gasteiger partial charge in [0.1, 0.15) is 0 Å². The highest BCUT2D eigenvalue weighted by atomic mass is 16.3. The predicted octanol–water partition coefficient (Wildman–Crippen LogP) is 2.90. The summed E-state index contributed by atoms with van der Waals surface area (Å²) in [7, 11) is 0. The number of aliphatic hydroxyl groups excluding tert-OH is 1. The third-order valence-electron chi connectivity index (χ3n) is 5.64. The Kier molecular flexibility index (Phi) is 7.09. The molecule has 1 fully saturated rings. The molecule has 2 aliphatic carbocycles. The van der Waals surface area contributed by atoms with Crippen LogP contribution in [0.2, 0.25) is 0 Å². The van der Waals surface area contributed by atoms with Crippen molar-refractivity contribution in [2.45, 2.75) is 70.1 Å². The summed E-state index contributed by atoms with van der Waals surface area (Å²) < 4.78 is 0. The van der Waals surface area contributed by atoms with Gasteiger partial charge in [-0.1, -0.05) is 37.1 Å². The topological polar surface area (TPSA) is 93.8 Å². The van der Waals surface area contributed by atoms with E-state index in [1.165, 1.54) is 0 Å². The van der Waals surface area contributed by atoms with Crippen molar-refractivity contribution in [3.05, 3.63) is 17.1 Å². The molecular formula is C18H29N3O3. The molecule has 2 aliphatic rings. The zero-order chi connectivity index (χ0) is 17.5. The lowest BCUT2D eigenvalue weighted by Gasteiger charge is -2.37. The maximum Gasteiger partial charge on any atom is 0.264 e. The van der Waals surface area contributed by atoms with E-state index in [1.807, 2.05) is 12.2 Å². The molecule has 0 aromatic heterocycles. The molecule has 0 radical (unpaired) electrons. The van der Waals surface area contributed by atoms with Gasteiger partial charge in [0, 0.05) is 6.54 Å². The van der Waals surface area contributed by atoms with Crippen LogP contribution in [0.25, 0.3) is 0 Å². The van der Waals surface area contributed by atoms with Crippen LogP contribution in [0, 0.1) is 22.2 Å². The standard InChI is InChI=1S/C18H29N3O3/c1-13(14-5-4-6-15(11-14)20-24)9-10-21(18(23)12-19)16-7-2-3-8-17(16)22/h2-3,12-17,19,22H,4-11H2,1H3. The van der Waals surface area contributed by atoms with Crippen molar-refractivity contribution in [1.82, 2.24) is 4.90 Å². The number of rotatable bonds is 7. The number of hydrogen-bond donors (Lipinski definition) is 2. The highest BCUT2D eigenvalue weighted by Crippen LogP contribution is 2.33. The van der Waals surface area contributed by atoms with Gasteiger partial charge >= 0.3 is 0 Å². The number of nitrogens with one attached hydrogen (secondary N) is 1. The SMILES string of the molecule is CC(CCN(C(=O)C=N)C1CC=CCC1O)C1CCCC(N=O)C1. The Labute approximate surface area is 143 Å². The Hall–Kier alpha value is -1.56. The molecule has 2 N–H and O–H groups in total. The van der Waals surface area contributed by atoms with Crippen LogP contribution in [0.1, 0.15) is 51.9 Å². The lowest BCUT2D eigenvalue weighted by Crippen LogP contribution is -2.49. The molecule has 6 heteroatoms. The zero-order valence-electron chi connectivity index (χ0n) is 14.4. The first-order chi connectivity index (χ1) is 11.6. The van der Waals surface area contributed by atoms with Crippen LogP contribution in [-0.2, 0) is 4.79 Å². The van der Waals surface area contributed by atoms with Crippen LogP contribution >= 0.6 is 0 Å². The van der Waals surface area contributed by atoms with Crippen LogP contribution in [0.15, 0.2) is 17.3 Å². The van der Waals surface area contributed by atoms with Gasteiger partial charge < -0.3 is 15.4 Å². The van der Waals surface area contributed by atoms with Crippen LogP contribution in [0.4, 0.5) is 0 Å². The van der Waals surface area contributed by atoms with Gasteiger partial charge in [0.2, 0.25) is 0 Å². The average Bonchev–Trinajstić information content (AvgIpc) is 2.62. The Morgan fingerprint density at radius 3 is 2.83 bits per heavy atom. The molecule has 24 heavy (non-hydrogen) atoms. The highest BCUT2D eigenvalue weighted by Gasteiger charge is 2.31. The molecule has 134 valence electrons. The second-order valence-electron chi connectivity index (χ2n) is 7.21. The normalized spacial score (nSPS) is 31.2. The van der Waals surface area contributed by atoms with E-state index in [4.69, 9.17) is 5.41 Å². The molecule has 1 amide bonds. The first-order valence-electron chi connectivity index (χ1n) is 9.03. The van der Waals surface area contributed by atoms with E-state index < -0.39 is 6.10 Å². The number of aliphatic hydroxyl groups is 1. The third-order valence-corrected chi connectivity index (χ3v) is 5.64. The van der Waals surface area contributed by atoms with Gasteiger partial charge in [0.25, 0.3) is 5.91 Å². The van der Waals surface area contributed by atoms with Crippen LogP contribution in [0.5, 0.6) is 0 Å². The summed E-state index contributed by atoms with van der Waals surface area (Å²) in [4.78, 5) is 24.6. The minimum Gasteiger partial charge on any atom is -0.391 e. The molecule has 0 heterocycles. The maximum absolute atomic E-state index is 12.1. The molecule has 0 bridgehead atoms. The summed E-state index contributed by atoms with van der Waals surface area (Å²) in [5.41, 5.74) is 0. The van der Waals surface area contributed by atoms with Crippen molar-refractivity contribution in [3.63, 3.8) is 0 Å². The number of carbonyl (C=O) groups is 1. The van der Waals surface area contributed by atoms with Gasteiger partial charge in [-0.3, -0.25) is 4.79 Å². The Bertz CT molecular complexity index is 480. The van der Waals surface area contributed by atoms with Crippen molar-refractivity contribution in [2.24, 2.45) is 17.0 Å². The fourth-order valence-corrected chi connectivity index (χ4v) is 4.03. The Balaban J connectivity index is 1.94. The molecule has 2 rings (SSSR count). The molecular weight excluding hydrogens is 306 g/mol. The molecule has 5 atom stereocenters. The maximum atomic E-state index is 12.1. The van der Waals surface area contributed by atoms with E-state index in [1.54, 1.807) is 4.90 Å². The summed E-state index contributed by atoms with van der Waals surface area (Å²) in [5, 5.41) is 20.7. The van der Waals surface area contributed by atoms with Crippen molar-refractivity contribution in [1.29, 1.82) is 5.41 Å². The Morgan fingerprint density at radius 1 is 1.42 bits per heavy atom. The van der Waals surface area contributed by atoms with Crippen LogP contribution < -0.4 is 0 Å². The van der Waals surface area contributed by atoms with E-state index in [2.05, 4.69) is 12.1 Å². The first kappa shape index (κ1) is 18.8. The minimum absolute atomic E-state index is 0.0594. The van der Waals surface area contributed by atoms with Gasteiger partial charge in [-0.15, -0.1) is 0 Å². The quantitative estimate of drug-likeness (QED) is 0.425. The van der Waals surface area contributed by atoms with Gasteiger partial charge in [-0.2, -0.15) is 4.91 Å². The van der Waals surface area contributed by atoms with Gasteiger partial charge in [0.05, 0.1) is 24.4 Å². The molecule has 5 unspecified atom stereocenters. The smallest absolute Gasteiger partial charge is 0.264 e. The summed E-state index contributed by atoms with van der Waals surface area (Å²) in [5.74, 6) is 0.527. The van der Waals surface area contributed by atoms with Crippen molar-refractivity contribution in [2.75, 3.05) is 6.54 Å². The zero-order valence-corrected chi connectivity index (χ0v) is 14.4. The van der Waals surface area contributed by atoms with E-state index >= 15 is 0 Å². The second-order valence-corrected chi connectivity index (χ2v) is 7.21. The molecule has 6 nitrogen and oxygen atoms in total. The fraction of sp³-hybridized carbons (Fsp3) is 0.778. The Morgan fingerprint density at radius 2 is 2.17 bits per heavy atom. The largest absolute Gasteiger partial charge is 0.391 e. The van der Waals surface area contributed by atoms with Crippen LogP contribution in [-0.4, -0.2) is 46.9 Å². The molecule has 1 saturated carbocycles. The minimum atomic E-state index is -0.562. The van der Waals surface area contributed by atoms with E-state index in [0.717, 1.165) is 38.3 Å². The molecule has 0 aliphatic heterocycles. The number of nitrogens with zero attached hydrogens (tertiary/aromatic N) is 2. The fourth-order valence-electron chi connectivity index (χ4n) is 4.03. The van der Waals surface area contributed by atoms with E-state index in [-0.39, 0.29) is 18.0 Å². The van der Waals surface area contributed by atoms with Gasteiger partial charge in [-0.25, -0.2) is 0 Å². The lowest BCUT2D eigenvalue weighted by molar-refractivity contribution is -0.128. The summed E-state index contributed by atoms with van der Waals surface area (Å²) >= 11 is 0. The van der Waals surface area contributed by atoms with Crippen molar-refractivity contribution >= 4 is 12.1 Å². The summed E-state index contributed by atoms with van der Waals surface area (Å²) in [6, 6.07) is -0.303. The highest BCUT2D eigenvalue weighted by molar-refractivity contribution is 6.24. The number of carbonyl (C=O) groups excluding carboxylic acids is 1. The monoisotopic (exact) mass is 335 g/mol. The number of nitroso groups, excluding NO2 is 1. The first-order valence-corrected chi connectivity index (χ1v) is 9.03. The second kappa shape index (κ2) is 9.06. The average molecular weight is 335 g/mol. The van der Waals surface area contributed by atoms with E-state index in [0.29, 0.717) is 31.2 Å². The van der Waals surface area contributed by atoms with Crippen LogP contribution in [0.3, 0.4) is 0 Å².